The van der Waals surface area contributed by atoms with Crippen LogP contribution in [0.1, 0.15) is 44.5 Å². The van der Waals surface area contributed by atoms with Gasteiger partial charge in [-0.3, -0.25) is 0 Å². The van der Waals surface area contributed by atoms with Crippen molar-refractivity contribution in [2.45, 2.75) is 50.9 Å². The average molecular weight is 263 g/mol. The predicted octanol–water partition coefficient (Wildman–Crippen LogP) is 1.97. The van der Waals surface area contributed by atoms with Crippen LogP contribution in [0.2, 0.25) is 0 Å². The van der Waals surface area contributed by atoms with Crippen LogP contribution in [0.3, 0.4) is 0 Å². The van der Waals surface area contributed by atoms with Crippen LogP contribution in [0, 0.1) is 5.92 Å². The first-order valence-corrected chi connectivity index (χ1v) is 6.03. The van der Waals surface area contributed by atoms with Crippen LogP contribution in [-0.4, -0.2) is 32.8 Å². The minimum Gasteiger partial charge on any atom is -0.305 e. The van der Waals surface area contributed by atoms with Crippen molar-refractivity contribution in [3.63, 3.8) is 0 Å². The summed E-state index contributed by atoms with van der Waals surface area (Å²) in [7, 11) is 0. The van der Waals surface area contributed by atoms with Crippen molar-refractivity contribution in [3.8, 4) is 0 Å². The number of nitrogens with one attached hydrogen (secondary N) is 2. The van der Waals surface area contributed by atoms with Gasteiger partial charge in [0.25, 0.3) is 0 Å². The molecule has 2 N–H and O–H groups in total. The molecule has 1 fully saturated rings. The van der Waals surface area contributed by atoms with Crippen LogP contribution in [0.4, 0.5) is 13.2 Å². The lowest BCUT2D eigenvalue weighted by molar-refractivity contribution is -0.182. The van der Waals surface area contributed by atoms with Crippen LogP contribution >= 0.6 is 0 Å². The van der Waals surface area contributed by atoms with E-state index in [4.69, 9.17) is 0 Å². The minimum atomic E-state index is -4.05. The number of tetrazole rings is 1. The molecule has 1 aliphatic carbocycles. The van der Waals surface area contributed by atoms with Gasteiger partial charge in [0.2, 0.25) is 0 Å². The number of halogens is 3. The van der Waals surface area contributed by atoms with E-state index in [1.54, 1.807) is 0 Å². The van der Waals surface area contributed by atoms with Crippen LogP contribution in [-0.2, 0) is 0 Å². The smallest absolute Gasteiger partial charge is 0.305 e. The lowest BCUT2D eigenvalue weighted by Crippen LogP contribution is -2.38. The van der Waals surface area contributed by atoms with Crippen molar-refractivity contribution < 1.29 is 13.2 Å². The van der Waals surface area contributed by atoms with Crippen LogP contribution in [0.5, 0.6) is 0 Å². The van der Waals surface area contributed by atoms with Gasteiger partial charge in [0, 0.05) is 6.04 Å². The molecule has 1 unspecified atom stereocenters. The molecule has 0 bridgehead atoms. The number of alkyl halides is 3. The third kappa shape index (κ3) is 3.18. The first-order valence-electron chi connectivity index (χ1n) is 6.03. The second kappa shape index (κ2) is 5.21. The first-order chi connectivity index (χ1) is 8.47. The average Bonchev–Trinajstić information content (AvgIpc) is 2.82. The summed E-state index contributed by atoms with van der Waals surface area (Å²) >= 11 is 0. The highest BCUT2D eigenvalue weighted by Crippen LogP contribution is 2.37. The fraction of sp³-hybridized carbons (Fsp3) is 0.900. The molecule has 0 aliphatic heterocycles. The Morgan fingerprint density at radius 2 is 1.94 bits per heavy atom. The van der Waals surface area contributed by atoms with E-state index in [-0.39, 0.29) is 24.9 Å². The zero-order chi connectivity index (χ0) is 13.2. The largest absolute Gasteiger partial charge is 0.391 e. The molecule has 8 heteroatoms. The lowest BCUT2D eigenvalue weighted by Gasteiger charge is -2.31. The molecule has 102 valence electrons. The summed E-state index contributed by atoms with van der Waals surface area (Å²) < 4.78 is 37.5. The van der Waals surface area contributed by atoms with E-state index in [1.165, 1.54) is 0 Å². The van der Waals surface area contributed by atoms with E-state index in [2.05, 4.69) is 25.9 Å². The second-order valence-electron chi connectivity index (χ2n) is 4.75. The van der Waals surface area contributed by atoms with Crippen molar-refractivity contribution in [2.24, 2.45) is 5.92 Å². The van der Waals surface area contributed by atoms with E-state index >= 15 is 0 Å². The van der Waals surface area contributed by atoms with E-state index in [0.717, 1.165) is 0 Å². The Labute approximate surface area is 103 Å². The van der Waals surface area contributed by atoms with E-state index < -0.39 is 12.1 Å². The van der Waals surface area contributed by atoms with E-state index in [1.807, 2.05) is 6.92 Å². The Morgan fingerprint density at radius 1 is 1.28 bits per heavy atom. The molecular weight excluding hydrogens is 247 g/mol. The van der Waals surface area contributed by atoms with Crippen LogP contribution in [0.25, 0.3) is 0 Å². The number of hydrogen-bond donors (Lipinski definition) is 2. The van der Waals surface area contributed by atoms with Crippen molar-refractivity contribution in [3.05, 3.63) is 5.82 Å². The molecule has 0 aromatic carbocycles. The maximum Gasteiger partial charge on any atom is 0.391 e. The quantitative estimate of drug-likeness (QED) is 0.875. The Hall–Kier alpha value is -1.18. The maximum absolute atomic E-state index is 12.5. The standard InChI is InChI=1S/C10H16F3N5/c1-6(9-15-17-18-16-9)14-8-4-2-7(3-5-8)10(11,12)13/h6-8,14H,2-5H2,1H3,(H,15,16,17,18). The summed E-state index contributed by atoms with van der Waals surface area (Å²) in [6.45, 7) is 1.88. The van der Waals surface area contributed by atoms with Gasteiger partial charge in [-0.25, -0.2) is 0 Å². The Bertz CT molecular complexity index is 356. The molecule has 0 radical (unpaired) electrons. The summed E-state index contributed by atoms with van der Waals surface area (Å²) in [4.78, 5) is 0. The topological polar surface area (TPSA) is 66.5 Å². The molecule has 1 aromatic heterocycles. The van der Waals surface area contributed by atoms with Gasteiger partial charge in [-0.1, -0.05) is 5.21 Å². The van der Waals surface area contributed by atoms with Crippen molar-refractivity contribution in [1.82, 2.24) is 25.9 Å². The highest BCUT2D eigenvalue weighted by molar-refractivity contribution is 4.89. The first kappa shape index (κ1) is 13.3. The molecule has 0 spiro atoms. The van der Waals surface area contributed by atoms with Gasteiger partial charge in [0.15, 0.2) is 5.82 Å². The van der Waals surface area contributed by atoms with Gasteiger partial charge in [-0.2, -0.15) is 18.4 Å². The molecule has 5 nitrogen and oxygen atoms in total. The highest BCUT2D eigenvalue weighted by Gasteiger charge is 2.41. The monoisotopic (exact) mass is 263 g/mol. The number of H-pyrrole nitrogens is 1. The molecule has 1 aliphatic rings. The Kier molecular flexibility index (Phi) is 3.84. The summed E-state index contributed by atoms with van der Waals surface area (Å²) in [5, 5.41) is 16.7. The minimum absolute atomic E-state index is 0.0945. The molecule has 2 rings (SSSR count). The summed E-state index contributed by atoms with van der Waals surface area (Å²) in [6, 6.07) is -0.00622. The SMILES string of the molecule is CC(NC1CCC(C(F)(F)F)CC1)c1nn[nH]n1. The molecule has 1 saturated carbocycles. The molecule has 0 saturated heterocycles. The van der Waals surface area contributed by atoms with Crippen LogP contribution < -0.4 is 5.32 Å². The lowest BCUT2D eigenvalue weighted by atomic mass is 9.85. The molecule has 0 amide bonds. The summed E-state index contributed by atoms with van der Waals surface area (Å²) in [6.07, 6.45) is -2.59. The van der Waals surface area contributed by atoms with Crippen molar-refractivity contribution >= 4 is 0 Å². The second-order valence-corrected chi connectivity index (χ2v) is 4.75. The predicted molar refractivity (Wildman–Crippen MR) is 57.5 cm³/mol. The third-order valence-corrected chi connectivity index (χ3v) is 3.42. The number of nitrogens with zero attached hydrogens (tertiary/aromatic N) is 3. The molecule has 1 aromatic rings. The molecular formula is C10H16F3N5. The molecule has 1 heterocycles. The Morgan fingerprint density at radius 3 is 2.44 bits per heavy atom. The summed E-state index contributed by atoms with van der Waals surface area (Å²) in [5.41, 5.74) is 0. The highest BCUT2D eigenvalue weighted by atomic mass is 19.4. The molecule has 1 atom stereocenters. The van der Waals surface area contributed by atoms with Gasteiger partial charge in [-0.05, 0) is 32.6 Å². The maximum atomic E-state index is 12.5. The van der Waals surface area contributed by atoms with Crippen LogP contribution in [0.15, 0.2) is 0 Å². The third-order valence-electron chi connectivity index (χ3n) is 3.42. The van der Waals surface area contributed by atoms with Gasteiger partial charge in [0.1, 0.15) is 0 Å². The fourth-order valence-corrected chi connectivity index (χ4v) is 2.37. The zero-order valence-electron chi connectivity index (χ0n) is 10.0. The summed E-state index contributed by atoms with van der Waals surface area (Å²) in [5.74, 6) is -0.607. The fourth-order valence-electron chi connectivity index (χ4n) is 2.37. The number of hydrogen-bond acceptors (Lipinski definition) is 4. The zero-order valence-corrected chi connectivity index (χ0v) is 10.0. The van der Waals surface area contributed by atoms with Crippen molar-refractivity contribution in [1.29, 1.82) is 0 Å². The van der Waals surface area contributed by atoms with E-state index in [9.17, 15) is 13.2 Å². The van der Waals surface area contributed by atoms with Gasteiger partial charge < -0.3 is 5.32 Å². The van der Waals surface area contributed by atoms with Gasteiger partial charge >= 0.3 is 6.18 Å². The van der Waals surface area contributed by atoms with Crippen molar-refractivity contribution in [2.75, 3.05) is 0 Å². The normalized spacial score (nSPS) is 27.1. The van der Waals surface area contributed by atoms with Gasteiger partial charge in [0.05, 0.1) is 12.0 Å². The Balaban J connectivity index is 1.80. The number of rotatable bonds is 3. The number of aromatic amines is 1. The molecule has 18 heavy (non-hydrogen) atoms. The van der Waals surface area contributed by atoms with Gasteiger partial charge in [-0.15, -0.1) is 10.2 Å². The van der Waals surface area contributed by atoms with E-state index in [0.29, 0.717) is 18.7 Å². The number of aromatic nitrogens is 4.